The van der Waals surface area contributed by atoms with Crippen molar-refractivity contribution in [1.82, 2.24) is 0 Å². The van der Waals surface area contributed by atoms with E-state index in [9.17, 15) is 14.4 Å². The average molecular weight is 689 g/mol. The third-order valence-electron chi connectivity index (χ3n) is 8.40. The Morgan fingerprint density at radius 1 is 0.829 bits per heavy atom. The number of benzene rings is 4. The lowest BCUT2D eigenvalue weighted by Crippen LogP contribution is -2.51. The molecule has 0 aliphatic carbocycles. The fraction of sp³-hybridized carbons (Fsp3) is 0.121. The molecule has 1 N–H and O–H groups in total. The maximum atomic E-state index is 14.8. The zero-order chi connectivity index (χ0) is 28.5. The number of nitrogens with zero attached hydrogens (tertiary/aromatic N) is 1. The van der Waals surface area contributed by atoms with Crippen molar-refractivity contribution in [3.05, 3.63) is 133 Å². The van der Waals surface area contributed by atoms with E-state index in [0.717, 1.165) is 20.2 Å². The molecular formula is C33H21Br2ClN2O3. The maximum absolute atomic E-state index is 14.8. The first-order valence-corrected chi connectivity index (χ1v) is 15.0. The van der Waals surface area contributed by atoms with E-state index in [2.05, 4.69) is 37.2 Å². The Balaban J connectivity index is 1.53. The zero-order valence-electron chi connectivity index (χ0n) is 21.4. The Labute approximate surface area is 258 Å². The van der Waals surface area contributed by atoms with Gasteiger partial charge in [0.1, 0.15) is 11.5 Å². The summed E-state index contributed by atoms with van der Waals surface area (Å²) in [4.78, 5) is 45.7. The Bertz CT molecular complexity index is 1790. The highest BCUT2D eigenvalue weighted by atomic mass is 79.9. The van der Waals surface area contributed by atoms with Gasteiger partial charge in [-0.1, -0.05) is 98.1 Å². The van der Waals surface area contributed by atoms with Crippen LogP contribution in [0, 0.1) is 5.92 Å². The van der Waals surface area contributed by atoms with Crippen LogP contribution in [0.4, 0.5) is 11.4 Å². The molecule has 1 saturated heterocycles. The summed E-state index contributed by atoms with van der Waals surface area (Å²) in [6, 6.07) is 25.6. The van der Waals surface area contributed by atoms with Gasteiger partial charge >= 0.3 is 0 Å². The Hall–Kier alpha value is -3.52. The summed E-state index contributed by atoms with van der Waals surface area (Å²) < 4.78 is 1.66. The van der Waals surface area contributed by atoms with Gasteiger partial charge in [0, 0.05) is 36.5 Å². The van der Waals surface area contributed by atoms with Gasteiger partial charge in [0.05, 0.1) is 12.0 Å². The molecule has 8 heteroatoms. The van der Waals surface area contributed by atoms with Crippen molar-refractivity contribution in [2.24, 2.45) is 5.92 Å². The molecule has 3 aliphatic heterocycles. The second-order valence-electron chi connectivity index (χ2n) is 10.4. The fourth-order valence-corrected chi connectivity index (χ4v) is 7.44. The second kappa shape index (κ2) is 9.79. The SMILES string of the molecule is O=C(c1ccc(Br)cc1)[C@@H]1[C@H](C(=O)c2ccc(Br)cc2)[C@]2(C(=O)Nc3ccccc32)[C@@H]2C=Cc3cc(Cl)ccc3N12. The van der Waals surface area contributed by atoms with Crippen LogP contribution in [-0.4, -0.2) is 29.6 Å². The summed E-state index contributed by atoms with van der Waals surface area (Å²) in [5, 5.41) is 3.61. The van der Waals surface area contributed by atoms with Crippen LogP contribution in [0.2, 0.25) is 5.02 Å². The monoisotopic (exact) mass is 686 g/mol. The molecule has 1 amide bonds. The van der Waals surface area contributed by atoms with Crippen molar-refractivity contribution in [3.63, 3.8) is 0 Å². The minimum absolute atomic E-state index is 0.233. The summed E-state index contributed by atoms with van der Waals surface area (Å²) in [5.41, 5.74) is 2.47. The number of fused-ring (bicyclic) bond motifs is 6. The van der Waals surface area contributed by atoms with Crippen molar-refractivity contribution in [1.29, 1.82) is 0 Å². The molecule has 0 radical (unpaired) electrons. The molecule has 41 heavy (non-hydrogen) atoms. The van der Waals surface area contributed by atoms with Crippen LogP contribution in [-0.2, 0) is 10.2 Å². The first-order chi connectivity index (χ1) is 19.8. The number of para-hydroxylation sites is 1. The fourth-order valence-electron chi connectivity index (χ4n) is 6.73. The van der Waals surface area contributed by atoms with Gasteiger partial charge in [-0.25, -0.2) is 0 Å². The van der Waals surface area contributed by atoms with Crippen LogP contribution in [0.25, 0.3) is 6.08 Å². The summed E-state index contributed by atoms with van der Waals surface area (Å²) in [7, 11) is 0. The molecule has 7 rings (SSSR count). The number of carbonyl (C=O) groups is 3. The van der Waals surface area contributed by atoms with Crippen LogP contribution in [0.5, 0.6) is 0 Å². The van der Waals surface area contributed by atoms with Gasteiger partial charge < -0.3 is 10.2 Å². The Kier molecular flexibility index (Phi) is 6.30. The Morgan fingerprint density at radius 2 is 1.46 bits per heavy atom. The molecule has 3 heterocycles. The lowest BCUT2D eigenvalue weighted by atomic mass is 9.64. The molecular weight excluding hydrogens is 668 g/mol. The number of ketones is 2. The smallest absolute Gasteiger partial charge is 0.238 e. The molecule has 4 aromatic carbocycles. The minimum atomic E-state index is -1.36. The first-order valence-electron chi connectivity index (χ1n) is 13.1. The lowest BCUT2D eigenvalue weighted by Gasteiger charge is -2.37. The highest BCUT2D eigenvalue weighted by Crippen LogP contribution is 2.58. The number of anilines is 2. The molecule has 3 aliphatic rings. The van der Waals surface area contributed by atoms with E-state index >= 15 is 0 Å². The standard InChI is InChI=1S/C33H21Br2ClN2O3/c34-21-10-5-18(6-11-21)30(39)28-29(31(40)19-7-12-22(35)13-8-19)38-26-15-14-23(36)17-20(26)9-16-27(38)33(28)24-3-1-2-4-25(24)37-32(33)41/h1-17,27-29H,(H,37,41)/t27-,28+,29-,33+/m0/s1. The predicted octanol–water partition coefficient (Wildman–Crippen LogP) is 7.72. The molecule has 5 nitrogen and oxygen atoms in total. The number of nitrogens with one attached hydrogen (secondary N) is 1. The summed E-state index contributed by atoms with van der Waals surface area (Å²) >= 11 is 13.3. The van der Waals surface area contributed by atoms with Gasteiger partial charge in [-0.15, -0.1) is 0 Å². The Morgan fingerprint density at radius 3 is 2.15 bits per heavy atom. The van der Waals surface area contributed by atoms with Gasteiger partial charge in [-0.2, -0.15) is 0 Å². The number of Topliss-reactive ketones (excluding diaryl/α,β-unsaturated/α-hetero) is 2. The molecule has 202 valence electrons. The third-order valence-corrected chi connectivity index (χ3v) is 9.70. The normalized spacial score (nSPS) is 23.6. The molecule has 4 atom stereocenters. The average Bonchev–Trinajstić information content (AvgIpc) is 3.45. The van der Waals surface area contributed by atoms with Crippen molar-refractivity contribution in [2.45, 2.75) is 17.5 Å². The number of halogens is 3. The van der Waals surface area contributed by atoms with Crippen molar-refractivity contribution in [2.75, 3.05) is 10.2 Å². The number of amides is 1. The molecule has 1 fully saturated rings. The van der Waals surface area contributed by atoms with E-state index in [-0.39, 0.29) is 17.5 Å². The predicted molar refractivity (Wildman–Crippen MR) is 168 cm³/mol. The summed E-state index contributed by atoms with van der Waals surface area (Å²) in [5.74, 6) is -1.82. The highest BCUT2D eigenvalue weighted by molar-refractivity contribution is 9.10. The number of hydrogen-bond acceptors (Lipinski definition) is 4. The number of rotatable bonds is 4. The van der Waals surface area contributed by atoms with Gasteiger partial charge in [0.2, 0.25) is 5.91 Å². The second-order valence-corrected chi connectivity index (χ2v) is 12.7. The molecule has 0 aromatic heterocycles. The highest BCUT2D eigenvalue weighted by Gasteiger charge is 2.70. The zero-order valence-corrected chi connectivity index (χ0v) is 25.3. The van der Waals surface area contributed by atoms with Crippen molar-refractivity contribution >= 4 is 78.4 Å². The summed E-state index contributed by atoms with van der Waals surface area (Å²) in [6.07, 6.45) is 3.88. The molecule has 0 unspecified atom stereocenters. The maximum Gasteiger partial charge on any atom is 0.238 e. The largest absolute Gasteiger partial charge is 0.352 e. The van der Waals surface area contributed by atoms with Gasteiger partial charge in [0.25, 0.3) is 0 Å². The van der Waals surface area contributed by atoms with Crippen LogP contribution < -0.4 is 10.2 Å². The number of hydrogen-bond donors (Lipinski definition) is 1. The lowest BCUT2D eigenvalue weighted by molar-refractivity contribution is -0.121. The van der Waals surface area contributed by atoms with Crippen LogP contribution in [0.3, 0.4) is 0 Å². The van der Waals surface area contributed by atoms with Crippen molar-refractivity contribution < 1.29 is 14.4 Å². The topological polar surface area (TPSA) is 66.5 Å². The van der Waals surface area contributed by atoms with Gasteiger partial charge in [-0.3, -0.25) is 14.4 Å². The van der Waals surface area contributed by atoms with E-state index < -0.39 is 23.4 Å². The molecule has 4 aromatic rings. The molecule has 0 bridgehead atoms. The quantitative estimate of drug-likeness (QED) is 0.223. The van der Waals surface area contributed by atoms with Crippen molar-refractivity contribution in [3.8, 4) is 0 Å². The minimum Gasteiger partial charge on any atom is -0.352 e. The van der Waals surface area contributed by atoms with E-state index in [1.165, 1.54) is 0 Å². The van der Waals surface area contributed by atoms with Crippen LogP contribution >= 0.6 is 43.5 Å². The van der Waals surface area contributed by atoms with E-state index in [4.69, 9.17) is 11.6 Å². The van der Waals surface area contributed by atoms with Gasteiger partial charge in [-0.05, 0) is 59.7 Å². The van der Waals surface area contributed by atoms with Gasteiger partial charge in [0.15, 0.2) is 11.6 Å². The first kappa shape index (κ1) is 26.4. The molecule has 1 spiro atoms. The number of carbonyl (C=O) groups excluding carboxylic acids is 3. The summed E-state index contributed by atoms with van der Waals surface area (Å²) in [6.45, 7) is 0. The van der Waals surface area contributed by atoms with Crippen LogP contribution in [0.15, 0.2) is 106 Å². The van der Waals surface area contributed by atoms with E-state index in [1.807, 2.05) is 65.6 Å². The third kappa shape index (κ3) is 3.90. The van der Waals surface area contributed by atoms with Crippen LogP contribution in [0.1, 0.15) is 31.8 Å². The molecule has 0 saturated carbocycles. The van der Waals surface area contributed by atoms with E-state index in [0.29, 0.717) is 27.4 Å². The van der Waals surface area contributed by atoms with E-state index in [1.54, 1.807) is 42.5 Å².